The predicted octanol–water partition coefficient (Wildman–Crippen LogP) is 4.34. The van der Waals surface area contributed by atoms with Gasteiger partial charge in [-0.3, -0.25) is 9.52 Å². The van der Waals surface area contributed by atoms with Gasteiger partial charge < -0.3 is 16.0 Å². The van der Waals surface area contributed by atoms with Crippen LogP contribution in [0.4, 0.5) is 5.69 Å². The Bertz CT molecular complexity index is 1300. The molecule has 0 aliphatic heterocycles. The maximum absolute atomic E-state index is 11.5. The summed E-state index contributed by atoms with van der Waals surface area (Å²) in [6, 6.07) is 12.4. The molecule has 1 aliphatic carbocycles. The van der Waals surface area contributed by atoms with Crippen molar-refractivity contribution in [2.45, 2.75) is 30.2 Å². The number of carbonyl (C=O) groups excluding carboxylic acids is 1. The second kappa shape index (κ2) is 10.5. The normalized spacial score (nSPS) is 13.0. The average Bonchev–Trinajstić information content (AvgIpc) is 3.49. The highest BCUT2D eigenvalue weighted by atomic mass is 32.2. The third-order valence-corrected chi connectivity index (χ3v) is 7.05. The monoisotopic (exact) mass is 477 g/mol. The molecule has 1 amide bonds. The van der Waals surface area contributed by atoms with Gasteiger partial charge in [0.15, 0.2) is 0 Å². The zero-order valence-electron chi connectivity index (χ0n) is 18.0. The fraction of sp³-hybridized carbons (Fsp3) is 0.217. The highest BCUT2D eigenvalue weighted by molar-refractivity contribution is 7.97. The summed E-state index contributed by atoms with van der Waals surface area (Å²) in [6.45, 7) is 0. The number of aromatic nitrogens is 3. The number of amides is 1. The standard InChI is InChI=1S/C12H11N5OS.C11H12N2S/c1-14-11(18)8-5-19-12(17-8)7-4-16-10-6(9(7)13)2-3-15-10;12-8-9-3-1-6-11(7-9)14-13-10-4-2-5-10/h2-5H,1H3,(H,14,18)(H3,13,15,16);1,3,6-7,10,13H,2,4-5H2. The van der Waals surface area contributed by atoms with Crippen molar-refractivity contribution in [2.75, 3.05) is 12.8 Å². The Morgan fingerprint density at radius 1 is 1.36 bits per heavy atom. The Balaban J connectivity index is 0.000000165. The fourth-order valence-corrected chi connectivity index (χ4v) is 4.83. The first kappa shape index (κ1) is 22.8. The number of nitrogens with two attached hydrogens (primary N) is 1. The van der Waals surface area contributed by atoms with Crippen LogP contribution in [0.1, 0.15) is 35.3 Å². The molecule has 0 unspecified atom stereocenters. The lowest BCUT2D eigenvalue weighted by Gasteiger charge is -2.25. The quantitative estimate of drug-likeness (QED) is 0.314. The molecule has 3 heterocycles. The molecule has 0 saturated heterocycles. The Hall–Kier alpha value is -3.39. The van der Waals surface area contributed by atoms with Crippen LogP contribution in [0, 0.1) is 11.3 Å². The molecule has 0 atom stereocenters. The summed E-state index contributed by atoms with van der Waals surface area (Å²) < 4.78 is 3.39. The molecule has 3 aromatic heterocycles. The van der Waals surface area contributed by atoms with Crippen molar-refractivity contribution in [2.24, 2.45) is 0 Å². The van der Waals surface area contributed by atoms with Gasteiger partial charge in [-0.05, 0) is 49.1 Å². The van der Waals surface area contributed by atoms with Gasteiger partial charge in [-0.2, -0.15) is 5.26 Å². The van der Waals surface area contributed by atoms with Crippen LogP contribution in [0.15, 0.2) is 53.0 Å². The molecule has 1 fully saturated rings. The van der Waals surface area contributed by atoms with E-state index in [4.69, 9.17) is 11.0 Å². The zero-order chi connectivity index (χ0) is 23.2. The number of anilines is 1. The van der Waals surface area contributed by atoms with Gasteiger partial charge in [-0.1, -0.05) is 12.5 Å². The highest BCUT2D eigenvalue weighted by Crippen LogP contribution is 2.32. The van der Waals surface area contributed by atoms with Crippen LogP contribution in [0.2, 0.25) is 0 Å². The molecule has 5 rings (SSSR count). The van der Waals surface area contributed by atoms with Crippen molar-refractivity contribution in [3.8, 4) is 16.6 Å². The van der Waals surface area contributed by atoms with E-state index >= 15 is 0 Å². The third kappa shape index (κ3) is 5.34. The molecule has 0 bridgehead atoms. The molecular formula is C23H23N7OS2. The Morgan fingerprint density at radius 3 is 2.94 bits per heavy atom. The minimum absolute atomic E-state index is 0.211. The van der Waals surface area contributed by atoms with E-state index < -0.39 is 0 Å². The van der Waals surface area contributed by atoms with Crippen LogP contribution in [0.3, 0.4) is 0 Å². The van der Waals surface area contributed by atoms with E-state index in [1.165, 1.54) is 30.6 Å². The second-order valence-corrected chi connectivity index (χ2v) is 9.20. The second-order valence-electron chi connectivity index (χ2n) is 7.43. The topological polar surface area (TPSA) is 133 Å². The van der Waals surface area contributed by atoms with E-state index in [9.17, 15) is 4.79 Å². The van der Waals surface area contributed by atoms with Gasteiger partial charge >= 0.3 is 0 Å². The van der Waals surface area contributed by atoms with Crippen LogP contribution in [-0.4, -0.2) is 33.9 Å². The summed E-state index contributed by atoms with van der Waals surface area (Å²) in [6.07, 6.45) is 7.36. The van der Waals surface area contributed by atoms with Crippen LogP contribution in [-0.2, 0) is 0 Å². The van der Waals surface area contributed by atoms with Gasteiger partial charge in [0.1, 0.15) is 16.3 Å². The highest BCUT2D eigenvalue weighted by Gasteiger charge is 2.17. The van der Waals surface area contributed by atoms with Crippen molar-refractivity contribution in [3.63, 3.8) is 0 Å². The molecule has 0 spiro atoms. The van der Waals surface area contributed by atoms with E-state index in [2.05, 4.69) is 31.1 Å². The molecule has 10 heteroatoms. The lowest BCUT2D eigenvalue weighted by Crippen LogP contribution is -2.29. The van der Waals surface area contributed by atoms with Gasteiger partial charge in [0.05, 0.1) is 22.9 Å². The molecule has 33 heavy (non-hydrogen) atoms. The molecule has 1 saturated carbocycles. The Kier molecular flexibility index (Phi) is 7.24. The number of thiazole rings is 1. The first-order chi connectivity index (χ1) is 16.1. The lowest BCUT2D eigenvalue weighted by atomic mass is 9.94. The maximum Gasteiger partial charge on any atom is 0.270 e. The number of pyridine rings is 1. The Labute approximate surface area is 199 Å². The van der Waals surface area contributed by atoms with Crippen LogP contribution >= 0.6 is 23.3 Å². The first-order valence-corrected chi connectivity index (χ1v) is 12.1. The minimum atomic E-state index is -0.211. The number of hydrogen-bond acceptors (Lipinski definition) is 8. The van der Waals surface area contributed by atoms with Crippen molar-refractivity contribution in [1.82, 2.24) is 25.0 Å². The SMILES string of the molecule is CNC(=O)c1csc(-c2cnc3[nH]ccc3c2N)n1.N#Cc1cccc(SNC2CCC2)c1. The lowest BCUT2D eigenvalue weighted by molar-refractivity contribution is 0.0959. The van der Waals surface area contributed by atoms with Gasteiger partial charge in [-0.15, -0.1) is 11.3 Å². The number of nitrogens with zero attached hydrogens (tertiary/aromatic N) is 3. The van der Waals surface area contributed by atoms with Crippen molar-refractivity contribution in [1.29, 1.82) is 5.26 Å². The molecule has 1 aromatic carbocycles. The summed E-state index contributed by atoms with van der Waals surface area (Å²) >= 11 is 3.00. The van der Waals surface area contributed by atoms with Gasteiger partial charge in [0, 0.05) is 41.1 Å². The zero-order valence-corrected chi connectivity index (χ0v) is 19.6. The summed E-state index contributed by atoms with van der Waals surface area (Å²) in [4.78, 5) is 24.2. The number of carbonyl (C=O) groups is 1. The van der Waals surface area contributed by atoms with Crippen LogP contribution in [0.5, 0.6) is 0 Å². The van der Waals surface area contributed by atoms with E-state index in [1.54, 1.807) is 36.8 Å². The average molecular weight is 478 g/mol. The first-order valence-electron chi connectivity index (χ1n) is 10.4. The summed E-state index contributed by atoms with van der Waals surface area (Å²) in [5.74, 6) is -0.211. The molecule has 1 aliphatic rings. The van der Waals surface area contributed by atoms with Crippen molar-refractivity contribution in [3.05, 3.63) is 59.4 Å². The molecule has 168 valence electrons. The number of hydrogen-bond donors (Lipinski definition) is 4. The maximum atomic E-state index is 11.5. The van der Waals surface area contributed by atoms with E-state index in [0.717, 1.165) is 27.1 Å². The number of benzene rings is 1. The molecule has 4 aromatic rings. The number of rotatable bonds is 5. The van der Waals surface area contributed by atoms with E-state index in [1.807, 2.05) is 30.3 Å². The smallest absolute Gasteiger partial charge is 0.270 e. The van der Waals surface area contributed by atoms with Crippen molar-refractivity contribution < 1.29 is 4.79 Å². The van der Waals surface area contributed by atoms with Gasteiger partial charge in [0.2, 0.25) is 0 Å². The number of fused-ring (bicyclic) bond motifs is 1. The summed E-state index contributed by atoms with van der Waals surface area (Å²) in [7, 11) is 1.57. The number of nitrogen functional groups attached to an aromatic ring is 1. The van der Waals surface area contributed by atoms with Gasteiger partial charge in [0.25, 0.3) is 5.91 Å². The predicted molar refractivity (Wildman–Crippen MR) is 133 cm³/mol. The van der Waals surface area contributed by atoms with E-state index in [0.29, 0.717) is 22.4 Å². The van der Waals surface area contributed by atoms with Gasteiger partial charge in [-0.25, -0.2) is 9.97 Å². The number of nitriles is 1. The minimum Gasteiger partial charge on any atom is -0.398 e. The molecular weight excluding hydrogens is 454 g/mol. The summed E-state index contributed by atoms with van der Waals surface area (Å²) in [5.41, 5.74) is 9.33. The molecule has 8 nitrogen and oxygen atoms in total. The summed E-state index contributed by atoms with van der Waals surface area (Å²) in [5, 5.41) is 14.5. The molecule has 0 radical (unpaired) electrons. The number of nitrogens with one attached hydrogen (secondary N) is 3. The largest absolute Gasteiger partial charge is 0.398 e. The number of H-pyrrole nitrogens is 1. The third-order valence-electron chi connectivity index (χ3n) is 5.23. The van der Waals surface area contributed by atoms with E-state index in [-0.39, 0.29) is 5.91 Å². The van der Waals surface area contributed by atoms with Crippen molar-refractivity contribution >= 4 is 45.9 Å². The molecule has 5 N–H and O–H groups in total. The number of aromatic amines is 1. The van der Waals surface area contributed by atoms with Crippen LogP contribution < -0.4 is 15.8 Å². The Morgan fingerprint density at radius 2 is 2.21 bits per heavy atom. The van der Waals surface area contributed by atoms with Crippen LogP contribution in [0.25, 0.3) is 21.6 Å². The fourth-order valence-electron chi connectivity index (χ4n) is 3.14.